The van der Waals surface area contributed by atoms with E-state index >= 15 is 0 Å². The second kappa shape index (κ2) is 11.8. The number of amides is 1. The van der Waals surface area contributed by atoms with E-state index in [0.29, 0.717) is 36.7 Å². The topological polar surface area (TPSA) is 133 Å². The van der Waals surface area contributed by atoms with E-state index in [1.807, 2.05) is 42.5 Å². The van der Waals surface area contributed by atoms with Gasteiger partial charge in [-0.2, -0.15) is 0 Å². The number of aliphatic hydroxyl groups excluding tert-OH is 3. The van der Waals surface area contributed by atoms with E-state index in [-0.39, 0.29) is 19.8 Å². The van der Waals surface area contributed by atoms with Gasteiger partial charge in [0.15, 0.2) is 5.54 Å². The third kappa shape index (κ3) is 6.08. The maximum absolute atomic E-state index is 13.3. The lowest BCUT2D eigenvalue weighted by atomic mass is 9.86. The molecule has 0 aliphatic carbocycles. The molecule has 0 saturated carbocycles. The van der Waals surface area contributed by atoms with Gasteiger partial charge >= 0.3 is 0 Å². The minimum Gasteiger partial charge on any atom is -0.494 e. The summed E-state index contributed by atoms with van der Waals surface area (Å²) in [7, 11) is 0. The van der Waals surface area contributed by atoms with Crippen LogP contribution in [0.5, 0.6) is 5.75 Å². The second-order valence-electron chi connectivity index (χ2n) is 7.87. The number of carbonyl (C=O) groups is 1. The first kappa shape index (κ1) is 24.7. The molecule has 1 amide bonds. The summed E-state index contributed by atoms with van der Waals surface area (Å²) in [5, 5.41) is 27.5. The van der Waals surface area contributed by atoms with E-state index in [9.17, 15) is 15.0 Å². The van der Waals surface area contributed by atoms with Gasteiger partial charge in [-0.05, 0) is 36.8 Å². The molecule has 5 N–H and O–H groups in total. The largest absolute Gasteiger partial charge is 0.494 e. The lowest BCUT2D eigenvalue weighted by Crippen LogP contribution is -2.58. The van der Waals surface area contributed by atoms with Crippen LogP contribution >= 0.6 is 0 Å². The van der Waals surface area contributed by atoms with Crippen molar-refractivity contribution in [3.63, 3.8) is 0 Å². The van der Waals surface area contributed by atoms with Crippen molar-refractivity contribution in [3.8, 4) is 5.75 Å². The Balaban J connectivity index is 1.86. The predicted octanol–water partition coefficient (Wildman–Crippen LogP) is 0.569. The monoisotopic (exact) mass is 457 g/mol. The third-order valence-corrected chi connectivity index (χ3v) is 5.47. The molecule has 9 heteroatoms. The number of hydrazine groups is 1. The Morgan fingerprint density at radius 3 is 2.45 bits per heavy atom. The van der Waals surface area contributed by atoms with E-state index in [4.69, 9.17) is 19.6 Å². The number of rotatable bonds is 12. The molecule has 0 unspecified atom stereocenters. The average molecular weight is 458 g/mol. The van der Waals surface area contributed by atoms with Crippen LogP contribution in [0.25, 0.3) is 0 Å². The van der Waals surface area contributed by atoms with Gasteiger partial charge in [0.2, 0.25) is 5.90 Å². The fourth-order valence-corrected chi connectivity index (χ4v) is 3.48. The van der Waals surface area contributed by atoms with Crippen LogP contribution in [0.3, 0.4) is 0 Å². The molecule has 0 spiro atoms. The number of hydrogen-bond acceptors (Lipinski definition) is 8. The molecule has 0 radical (unpaired) electrons. The lowest BCUT2D eigenvalue weighted by molar-refractivity contribution is -0.129. The van der Waals surface area contributed by atoms with Crippen molar-refractivity contribution < 1.29 is 29.6 Å². The maximum Gasteiger partial charge on any atom is 0.266 e. The van der Waals surface area contributed by atoms with Crippen molar-refractivity contribution in [1.29, 1.82) is 0 Å². The number of aliphatic hydroxyl groups is 3. The highest BCUT2D eigenvalue weighted by molar-refractivity contribution is 6.00. The van der Waals surface area contributed by atoms with Gasteiger partial charge in [-0.3, -0.25) is 10.2 Å². The smallest absolute Gasteiger partial charge is 0.266 e. The summed E-state index contributed by atoms with van der Waals surface area (Å²) in [5.74, 6) is 0.580. The van der Waals surface area contributed by atoms with Crippen LogP contribution in [0.15, 0.2) is 59.6 Å². The van der Waals surface area contributed by atoms with Gasteiger partial charge in [0.1, 0.15) is 11.9 Å². The molecule has 178 valence electrons. The van der Waals surface area contributed by atoms with Gasteiger partial charge in [0.25, 0.3) is 5.91 Å². The quantitative estimate of drug-likeness (QED) is 0.232. The number of hydrogen-bond donors (Lipinski definition) is 5. The number of benzene rings is 2. The molecule has 9 nitrogen and oxygen atoms in total. The summed E-state index contributed by atoms with van der Waals surface area (Å²) in [6, 6.07) is 16.0. The Labute approximate surface area is 193 Å². The second-order valence-corrected chi connectivity index (χ2v) is 7.87. The highest BCUT2D eigenvalue weighted by Gasteiger charge is 2.50. The molecular formula is C24H31N3O6. The zero-order valence-corrected chi connectivity index (χ0v) is 18.6. The summed E-state index contributed by atoms with van der Waals surface area (Å²) in [6.07, 6.45) is 0.280. The van der Waals surface area contributed by atoms with Gasteiger partial charge in [-0.15, -0.1) is 0 Å². The zero-order valence-electron chi connectivity index (χ0n) is 18.6. The van der Waals surface area contributed by atoms with Crippen molar-refractivity contribution in [2.75, 3.05) is 26.4 Å². The van der Waals surface area contributed by atoms with E-state index < -0.39 is 23.6 Å². The highest BCUT2D eigenvalue weighted by atomic mass is 16.5. The van der Waals surface area contributed by atoms with E-state index in [1.54, 1.807) is 19.1 Å². The van der Waals surface area contributed by atoms with Crippen LogP contribution in [0.2, 0.25) is 0 Å². The fourth-order valence-electron chi connectivity index (χ4n) is 3.48. The summed E-state index contributed by atoms with van der Waals surface area (Å²) >= 11 is 0. The lowest BCUT2D eigenvalue weighted by Gasteiger charge is -2.29. The summed E-state index contributed by atoms with van der Waals surface area (Å²) in [4.78, 5) is 18.1. The number of nitrogens with zero attached hydrogens (tertiary/aromatic N) is 1. The molecule has 33 heavy (non-hydrogen) atoms. The molecule has 1 aliphatic rings. The summed E-state index contributed by atoms with van der Waals surface area (Å²) in [6.45, 7) is 1.60. The van der Waals surface area contributed by atoms with Crippen LogP contribution in [0.4, 0.5) is 0 Å². The zero-order chi connectivity index (χ0) is 23.7. The predicted molar refractivity (Wildman–Crippen MR) is 123 cm³/mol. The fraction of sp³-hybridized carbons (Fsp3) is 0.417. The molecule has 0 aromatic heterocycles. The molecule has 3 rings (SSSR count). The van der Waals surface area contributed by atoms with Gasteiger partial charge in [0, 0.05) is 25.0 Å². The minimum absolute atomic E-state index is 0.0678. The summed E-state index contributed by atoms with van der Waals surface area (Å²) in [5.41, 5.74) is 5.61. The Kier molecular flexibility index (Phi) is 8.79. The van der Waals surface area contributed by atoms with E-state index in [1.165, 1.54) is 0 Å². The molecule has 0 saturated heterocycles. The molecule has 2 aromatic rings. The van der Waals surface area contributed by atoms with Crippen molar-refractivity contribution in [2.24, 2.45) is 4.99 Å². The van der Waals surface area contributed by atoms with Crippen LogP contribution in [-0.2, 0) is 16.0 Å². The van der Waals surface area contributed by atoms with Crippen molar-refractivity contribution in [2.45, 2.75) is 37.5 Å². The molecular weight excluding hydrogens is 426 g/mol. The standard InChI is InChI=1S/C24H31N3O6/c1-17-24(14-18-6-3-2-4-7-18,23(31)27-26-20(15-29)16-30)25-22(33-17)19-8-10-21(11-9-19)32-13-5-12-28/h2-4,6-11,17,20,26,28-30H,5,12-16H2,1H3,(H,27,31)/t17-,24-/m0/s1. The number of ether oxygens (including phenoxy) is 2. The first-order valence-corrected chi connectivity index (χ1v) is 10.9. The van der Waals surface area contributed by atoms with Crippen molar-refractivity contribution >= 4 is 11.8 Å². The Hall–Kier alpha value is -2.98. The van der Waals surface area contributed by atoms with Crippen molar-refractivity contribution in [3.05, 3.63) is 65.7 Å². The van der Waals surface area contributed by atoms with Crippen LogP contribution in [0, 0.1) is 0 Å². The number of carbonyl (C=O) groups excluding carboxylic acids is 1. The highest BCUT2D eigenvalue weighted by Crippen LogP contribution is 2.32. The van der Waals surface area contributed by atoms with E-state index in [2.05, 4.69) is 10.9 Å². The van der Waals surface area contributed by atoms with Gasteiger partial charge < -0.3 is 24.8 Å². The first-order valence-electron chi connectivity index (χ1n) is 10.9. The van der Waals surface area contributed by atoms with Crippen molar-refractivity contribution in [1.82, 2.24) is 10.9 Å². The van der Waals surface area contributed by atoms with Gasteiger partial charge in [-0.25, -0.2) is 10.4 Å². The van der Waals surface area contributed by atoms with Crippen LogP contribution in [0.1, 0.15) is 24.5 Å². The van der Waals surface area contributed by atoms with Gasteiger partial charge in [0.05, 0.1) is 25.9 Å². The maximum atomic E-state index is 13.3. The molecule has 1 aliphatic heterocycles. The summed E-state index contributed by atoms with van der Waals surface area (Å²) < 4.78 is 11.6. The third-order valence-electron chi connectivity index (χ3n) is 5.47. The average Bonchev–Trinajstić information content (AvgIpc) is 3.17. The molecule has 1 heterocycles. The molecule has 0 fully saturated rings. The Morgan fingerprint density at radius 1 is 1.12 bits per heavy atom. The van der Waals surface area contributed by atoms with Crippen LogP contribution < -0.4 is 15.6 Å². The number of nitrogens with one attached hydrogen (secondary N) is 2. The Bertz CT molecular complexity index is 918. The van der Waals surface area contributed by atoms with Gasteiger partial charge in [-0.1, -0.05) is 30.3 Å². The Morgan fingerprint density at radius 2 is 1.82 bits per heavy atom. The normalized spacial score (nSPS) is 19.8. The SMILES string of the molecule is C[C@@H]1OC(c2ccc(OCCCO)cc2)=N[C@]1(Cc1ccccc1)C(=O)NNC(CO)CO. The minimum atomic E-state index is -1.25. The van der Waals surface area contributed by atoms with Crippen LogP contribution in [-0.4, -0.2) is 71.2 Å². The molecule has 2 aromatic carbocycles. The number of aliphatic imine (C=N–C) groups is 1. The molecule has 2 atom stereocenters. The first-order chi connectivity index (χ1) is 16.0. The molecule has 0 bridgehead atoms. The van der Waals surface area contributed by atoms with E-state index in [0.717, 1.165) is 5.56 Å².